The number of anilines is 1. The van der Waals surface area contributed by atoms with Gasteiger partial charge in [-0.1, -0.05) is 48.9 Å². The fourth-order valence-corrected chi connectivity index (χ4v) is 6.31. The quantitative estimate of drug-likeness (QED) is 0.223. The maximum absolute atomic E-state index is 13.1. The molecular weight excluding hydrogens is 538 g/mol. The molecule has 1 aliphatic rings. The van der Waals surface area contributed by atoms with Crippen LogP contribution in [-0.2, 0) is 11.2 Å². The van der Waals surface area contributed by atoms with E-state index in [1.165, 1.54) is 11.1 Å². The summed E-state index contributed by atoms with van der Waals surface area (Å²) in [5.41, 5.74) is 8.51. The van der Waals surface area contributed by atoms with Crippen LogP contribution in [-0.4, -0.2) is 32.0 Å². The minimum Gasteiger partial charge on any atom is -0.352 e. The van der Waals surface area contributed by atoms with Crippen LogP contribution in [0.5, 0.6) is 0 Å². The van der Waals surface area contributed by atoms with Crippen LogP contribution in [0.1, 0.15) is 59.2 Å². The van der Waals surface area contributed by atoms with Crippen molar-refractivity contribution in [2.24, 2.45) is 0 Å². The molecule has 0 spiro atoms. The topological polar surface area (TPSA) is 62.2 Å². The summed E-state index contributed by atoms with van der Waals surface area (Å²) in [5, 5.41) is 7.94. The molecule has 0 aliphatic carbocycles. The summed E-state index contributed by atoms with van der Waals surface area (Å²) >= 11 is 12.3. The van der Waals surface area contributed by atoms with Crippen molar-refractivity contribution in [3.8, 4) is 5.69 Å². The zero-order valence-electron chi connectivity index (χ0n) is 23.2. The summed E-state index contributed by atoms with van der Waals surface area (Å²) in [6.45, 7) is 8.98. The molecule has 1 amide bonds. The van der Waals surface area contributed by atoms with E-state index in [0.717, 1.165) is 40.4 Å². The molecule has 1 saturated heterocycles. The number of thiocarbonyl (C=S) groups is 1. The second-order valence-corrected chi connectivity index (χ2v) is 11.0. The van der Waals surface area contributed by atoms with Gasteiger partial charge in [-0.05, 0) is 86.9 Å². The molecule has 0 bridgehead atoms. The number of benzene rings is 2. The Hall–Kier alpha value is -3.68. The Morgan fingerprint density at radius 2 is 1.82 bits per heavy atom. The third-order valence-corrected chi connectivity index (χ3v) is 8.41. The van der Waals surface area contributed by atoms with Gasteiger partial charge in [0.05, 0.1) is 17.8 Å². The van der Waals surface area contributed by atoms with Gasteiger partial charge in [-0.25, -0.2) is 0 Å². The predicted octanol–water partition coefficient (Wildman–Crippen LogP) is 7.01. The van der Waals surface area contributed by atoms with E-state index in [1.54, 1.807) is 6.20 Å². The van der Waals surface area contributed by atoms with E-state index < -0.39 is 0 Å². The Labute approximate surface area is 246 Å². The molecule has 0 unspecified atom stereocenters. The van der Waals surface area contributed by atoms with Crippen LogP contribution in [0, 0.1) is 20.8 Å². The average molecular weight is 572 g/mol. The lowest BCUT2D eigenvalue weighted by molar-refractivity contribution is -0.116. The van der Waals surface area contributed by atoms with Gasteiger partial charge in [-0.3, -0.25) is 9.78 Å². The zero-order valence-corrected chi connectivity index (χ0v) is 24.8. The number of halogens is 1. The molecule has 1 fully saturated rings. The smallest absolute Gasteiger partial charge is 0.226 e. The number of hydrogen-bond donors (Lipinski definition) is 2. The standard InChI is InChI=1S/C32H34ClN5OS/c1-5-23-11-6-7-14-26(23)35-28(39)16-18-37-31(30(36-32(37)40)27-15-8-9-17-34-27)29-20(2)21(3)38(22(29)4)25-13-10-12-24(33)19-25/h6-15,17,19,30-31H,5,16,18H2,1-4H3,(H,35,39)(H,36,40)/t30-,31+/m1/s1. The first-order valence-corrected chi connectivity index (χ1v) is 14.4. The van der Waals surface area contributed by atoms with E-state index in [-0.39, 0.29) is 18.0 Å². The zero-order chi connectivity index (χ0) is 28.4. The molecule has 5 rings (SSSR count). The van der Waals surface area contributed by atoms with Crippen LogP contribution in [0.2, 0.25) is 5.02 Å². The van der Waals surface area contributed by atoms with Crippen molar-refractivity contribution in [3.05, 3.63) is 112 Å². The van der Waals surface area contributed by atoms with Crippen LogP contribution < -0.4 is 10.6 Å². The van der Waals surface area contributed by atoms with Crippen molar-refractivity contribution in [1.29, 1.82) is 0 Å². The molecule has 4 aromatic rings. The van der Waals surface area contributed by atoms with Crippen molar-refractivity contribution < 1.29 is 4.79 Å². The molecule has 2 aromatic carbocycles. The highest BCUT2D eigenvalue weighted by Gasteiger charge is 2.42. The number of pyridine rings is 1. The number of amides is 1. The van der Waals surface area contributed by atoms with Gasteiger partial charge >= 0.3 is 0 Å². The summed E-state index contributed by atoms with van der Waals surface area (Å²) in [5.74, 6) is -0.0372. The number of aryl methyl sites for hydroxylation is 1. The van der Waals surface area contributed by atoms with E-state index in [9.17, 15) is 4.79 Å². The fraction of sp³-hybridized carbons (Fsp3) is 0.281. The first-order chi connectivity index (χ1) is 19.3. The molecule has 206 valence electrons. The Morgan fingerprint density at radius 3 is 2.55 bits per heavy atom. The van der Waals surface area contributed by atoms with Gasteiger partial charge < -0.3 is 20.1 Å². The van der Waals surface area contributed by atoms with Crippen molar-refractivity contribution in [1.82, 2.24) is 19.8 Å². The molecule has 2 atom stereocenters. The van der Waals surface area contributed by atoms with Gasteiger partial charge in [0.1, 0.15) is 0 Å². The number of carbonyl (C=O) groups excluding carboxylic acids is 1. The fourth-order valence-electron chi connectivity index (χ4n) is 5.79. The number of para-hydroxylation sites is 1. The number of nitrogens with one attached hydrogen (secondary N) is 2. The number of rotatable bonds is 8. The summed E-state index contributed by atoms with van der Waals surface area (Å²) in [6.07, 6.45) is 2.96. The van der Waals surface area contributed by atoms with Crippen molar-refractivity contribution in [2.75, 3.05) is 11.9 Å². The van der Waals surface area contributed by atoms with Gasteiger partial charge in [0, 0.05) is 52.5 Å². The molecule has 40 heavy (non-hydrogen) atoms. The first-order valence-electron chi connectivity index (χ1n) is 13.6. The van der Waals surface area contributed by atoms with E-state index in [4.69, 9.17) is 23.8 Å². The Balaban J connectivity index is 1.50. The minimum absolute atomic E-state index is 0.0372. The van der Waals surface area contributed by atoms with Crippen LogP contribution >= 0.6 is 23.8 Å². The average Bonchev–Trinajstić information content (AvgIpc) is 3.39. The lowest BCUT2D eigenvalue weighted by atomic mass is 9.93. The number of carbonyl (C=O) groups is 1. The van der Waals surface area contributed by atoms with Gasteiger partial charge in [-0.2, -0.15) is 0 Å². The summed E-state index contributed by atoms with van der Waals surface area (Å²) in [4.78, 5) is 19.9. The third kappa shape index (κ3) is 5.36. The normalized spacial score (nSPS) is 16.7. The Morgan fingerprint density at radius 1 is 1.05 bits per heavy atom. The molecule has 6 nitrogen and oxygen atoms in total. The van der Waals surface area contributed by atoms with E-state index in [0.29, 0.717) is 23.1 Å². The van der Waals surface area contributed by atoms with Gasteiger partial charge in [0.25, 0.3) is 0 Å². The molecule has 0 saturated carbocycles. The molecule has 0 radical (unpaired) electrons. The molecule has 8 heteroatoms. The van der Waals surface area contributed by atoms with Crippen LogP contribution in [0.4, 0.5) is 5.69 Å². The van der Waals surface area contributed by atoms with Crippen LogP contribution in [0.25, 0.3) is 5.69 Å². The Kier molecular flexibility index (Phi) is 8.24. The second kappa shape index (κ2) is 11.8. The van der Waals surface area contributed by atoms with Gasteiger partial charge in [-0.15, -0.1) is 0 Å². The first kappa shape index (κ1) is 27.9. The maximum atomic E-state index is 13.1. The highest BCUT2D eigenvalue weighted by Crippen LogP contribution is 2.43. The number of aromatic nitrogens is 2. The highest BCUT2D eigenvalue weighted by molar-refractivity contribution is 7.80. The molecule has 2 aromatic heterocycles. The van der Waals surface area contributed by atoms with Crippen molar-refractivity contribution in [3.63, 3.8) is 0 Å². The number of hydrogen-bond acceptors (Lipinski definition) is 3. The second-order valence-electron chi connectivity index (χ2n) is 10.2. The summed E-state index contributed by atoms with van der Waals surface area (Å²) in [7, 11) is 0. The van der Waals surface area contributed by atoms with Crippen LogP contribution in [0.15, 0.2) is 72.9 Å². The maximum Gasteiger partial charge on any atom is 0.226 e. The monoisotopic (exact) mass is 571 g/mol. The lowest BCUT2D eigenvalue weighted by Crippen LogP contribution is -2.33. The number of nitrogens with zero attached hydrogens (tertiary/aromatic N) is 3. The lowest BCUT2D eigenvalue weighted by Gasteiger charge is -2.29. The van der Waals surface area contributed by atoms with E-state index in [2.05, 4.69) is 58.8 Å². The molecule has 1 aliphatic heterocycles. The minimum atomic E-state index is -0.162. The van der Waals surface area contributed by atoms with Gasteiger partial charge in [0.15, 0.2) is 5.11 Å². The third-order valence-electron chi connectivity index (χ3n) is 7.82. The molecular formula is C32H34ClN5OS. The summed E-state index contributed by atoms with van der Waals surface area (Å²) < 4.78 is 2.25. The van der Waals surface area contributed by atoms with E-state index >= 15 is 0 Å². The predicted molar refractivity (Wildman–Crippen MR) is 166 cm³/mol. The van der Waals surface area contributed by atoms with Crippen molar-refractivity contribution >= 4 is 40.5 Å². The van der Waals surface area contributed by atoms with E-state index in [1.807, 2.05) is 60.7 Å². The molecule has 2 N–H and O–H groups in total. The largest absolute Gasteiger partial charge is 0.352 e. The summed E-state index contributed by atoms with van der Waals surface area (Å²) in [6, 6.07) is 21.5. The molecule has 3 heterocycles. The van der Waals surface area contributed by atoms with Crippen molar-refractivity contribution in [2.45, 2.75) is 52.6 Å². The SMILES string of the molecule is CCc1ccccc1NC(=O)CCN1C(=S)N[C@H](c2ccccn2)[C@@H]1c1c(C)c(C)n(-c2cccc(Cl)c2)c1C. The van der Waals surface area contributed by atoms with Gasteiger partial charge in [0.2, 0.25) is 5.91 Å². The Bertz CT molecular complexity index is 1550. The van der Waals surface area contributed by atoms with Crippen LogP contribution in [0.3, 0.4) is 0 Å². The highest BCUT2D eigenvalue weighted by atomic mass is 35.5.